The lowest BCUT2D eigenvalue weighted by molar-refractivity contribution is -0.385. The van der Waals surface area contributed by atoms with Gasteiger partial charge in [-0.1, -0.05) is 6.92 Å². The fraction of sp³-hybridized carbons (Fsp3) is 0.600. The first kappa shape index (κ1) is 17.0. The van der Waals surface area contributed by atoms with Crippen LogP contribution >= 0.6 is 0 Å². The highest BCUT2D eigenvalue weighted by Crippen LogP contribution is 2.35. The largest absolute Gasteiger partial charge is 0.443 e. The van der Waals surface area contributed by atoms with Crippen LogP contribution in [0.15, 0.2) is 18.3 Å². The fourth-order valence-corrected chi connectivity index (χ4v) is 3.00. The van der Waals surface area contributed by atoms with Crippen molar-refractivity contribution >= 4 is 17.6 Å². The van der Waals surface area contributed by atoms with Gasteiger partial charge in [-0.15, -0.1) is 0 Å². The molecule has 126 valence electrons. The van der Waals surface area contributed by atoms with Crippen molar-refractivity contribution in [2.24, 2.45) is 17.6 Å². The lowest BCUT2D eigenvalue weighted by Crippen LogP contribution is -2.41. The van der Waals surface area contributed by atoms with Gasteiger partial charge in [0.15, 0.2) is 0 Å². The number of aromatic nitrogens is 1. The number of rotatable bonds is 5. The van der Waals surface area contributed by atoms with Gasteiger partial charge in [-0.05, 0) is 32.3 Å². The minimum absolute atomic E-state index is 0.0196. The average molecular weight is 322 g/mol. The summed E-state index contributed by atoms with van der Waals surface area (Å²) < 4.78 is 5.22. The third kappa shape index (κ3) is 3.88. The van der Waals surface area contributed by atoms with Gasteiger partial charge in [-0.2, -0.15) is 0 Å². The Kier molecular flexibility index (Phi) is 4.72. The molecule has 8 heteroatoms. The molecule has 1 saturated heterocycles. The number of nitro groups is 1. The quantitative estimate of drug-likeness (QED) is 0.657. The van der Waals surface area contributed by atoms with E-state index in [9.17, 15) is 14.9 Å². The summed E-state index contributed by atoms with van der Waals surface area (Å²) >= 11 is 0. The van der Waals surface area contributed by atoms with Gasteiger partial charge in [0.05, 0.1) is 4.92 Å². The second kappa shape index (κ2) is 6.39. The van der Waals surface area contributed by atoms with Crippen LogP contribution in [0.25, 0.3) is 0 Å². The monoisotopic (exact) mass is 322 g/mol. The summed E-state index contributed by atoms with van der Waals surface area (Å²) in [6.45, 7) is 7.33. The van der Waals surface area contributed by atoms with Crippen LogP contribution in [0.4, 0.5) is 16.3 Å². The lowest BCUT2D eigenvalue weighted by atomic mass is 9.81. The van der Waals surface area contributed by atoms with Crippen LogP contribution in [-0.4, -0.2) is 34.7 Å². The number of hydrogen-bond acceptors (Lipinski definition) is 6. The average Bonchev–Trinajstić information content (AvgIpc) is 2.94. The summed E-state index contributed by atoms with van der Waals surface area (Å²) in [6, 6.07) is 3.12. The third-order valence-electron chi connectivity index (χ3n) is 4.66. The zero-order chi connectivity index (χ0) is 17.2. The van der Waals surface area contributed by atoms with Gasteiger partial charge in [0, 0.05) is 25.1 Å². The molecular weight excluding hydrogens is 300 g/mol. The summed E-state index contributed by atoms with van der Waals surface area (Å²) in [6.07, 6.45) is 1.44. The lowest BCUT2D eigenvalue weighted by Gasteiger charge is -2.34. The highest BCUT2D eigenvalue weighted by Gasteiger charge is 2.38. The van der Waals surface area contributed by atoms with Crippen molar-refractivity contribution in [1.29, 1.82) is 0 Å². The Hall–Kier alpha value is -2.38. The van der Waals surface area contributed by atoms with E-state index in [1.165, 1.54) is 12.3 Å². The first-order valence-corrected chi connectivity index (χ1v) is 7.54. The summed E-state index contributed by atoms with van der Waals surface area (Å²) in [7, 11) is 0. The van der Waals surface area contributed by atoms with E-state index in [0.717, 1.165) is 25.3 Å². The molecule has 2 heterocycles. The van der Waals surface area contributed by atoms with Gasteiger partial charge in [0.25, 0.3) is 5.69 Å². The van der Waals surface area contributed by atoms with E-state index in [1.54, 1.807) is 6.07 Å². The molecule has 0 saturated carbocycles. The summed E-state index contributed by atoms with van der Waals surface area (Å²) in [5.74, 6) is 1.17. The van der Waals surface area contributed by atoms with Gasteiger partial charge in [-0.25, -0.2) is 9.78 Å². The van der Waals surface area contributed by atoms with Crippen LogP contribution in [0.1, 0.15) is 27.2 Å². The van der Waals surface area contributed by atoms with Crippen molar-refractivity contribution in [3.63, 3.8) is 0 Å². The molecule has 0 aromatic carbocycles. The minimum atomic E-state index is -0.770. The van der Waals surface area contributed by atoms with Crippen LogP contribution in [0.3, 0.4) is 0 Å². The standard InChI is InChI=1S/C15H22N4O4/c1-10(15(2,3)23-14(16)20)11-6-7-18(9-11)13-5-4-12(8-17-13)19(21)22/h4-5,8,10-11H,6-7,9H2,1-3H3,(H2,16,20). The minimum Gasteiger partial charge on any atom is -0.443 e. The van der Waals surface area contributed by atoms with Gasteiger partial charge in [0.2, 0.25) is 0 Å². The zero-order valence-electron chi connectivity index (χ0n) is 13.6. The molecule has 0 radical (unpaired) electrons. The predicted molar refractivity (Wildman–Crippen MR) is 85.1 cm³/mol. The number of pyridine rings is 1. The molecule has 1 aromatic heterocycles. The summed E-state index contributed by atoms with van der Waals surface area (Å²) in [5, 5.41) is 10.7. The smallest absolute Gasteiger partial charge is 0.405 e. The van der Waals surface area contributed by atoms with Crippen molar-refractivity contribution < 1.29 is 14.5 Å². The number of primary amides is 1. The molecule has 1 amide bonds. The Labute approximate surface area is 134 Å². The van der Waals surface area contributed by atoms with Crippen molar-refractivity contribution in [3.05, 3.63) is 28.4 Å². The van der Waals surface area contributed by atoms with Crippen LogP contribution in [0.5, 0.6) is 0 Å². The normalized spacial score (nSPS) is 19.4. The highest BCUT2D eigenvalue weighted by atomic mass is 16.6. The molecular formula is C15H22N4O4. The molecule has 2 atom stereocenters. The van der Waals surface area contributed by atoms with E-state index < -0.39 is 16.6 Å². The molecule has 2 rings (SSSR count). The van der Waals surface area contributed by atoms with Crippen molar-refractivity contribution in [3.8, 4) is 0 Å². The van der Waals surface area contributed by atoms with Crippen molar-refractivity contribution in [2.45, 2.75) is 32.8 Å². The first-order valence-electron chi connectivity index (χ1n) is 7.54. The van der Waals surface area contributed by atoms with Crippen LogP contribution in [0.2, 0.25) is 0 Å². The number of carbonyl (C=O) groups excluding carboxylic acids is 1. The summed E-state index contributed by atoms with van der Waals surface area (Å²) in [4.78, 5) is 27.5. The Bertz CT molecular complexity index is 588. The topological polar surface area (TPSA) is 112 Å². The molecule has 0 bridgehead atoms. The molecule has 2 unspecified atom stereocenters. The Morgan fingerprint density at radius 3 is 2.78 bits per heavy atom. The molecule has 0 aliphatic carbocycles. The zero-order valence-corrected chi connectivity index (χ0v) is 13.6. The maximum absolute atomic E-state index is 11.0. The number of nitrogens with two attached hydrogens (primary N) is 1. The highest BCUT2D eigenvalue weighted by molar-refractivity contribution is 5.65. The molecule has 1 aliphatic rings. The van der Waals surface area contributed by atoms with Gasteiger partial charge in [-0.3, -0.25) is 10.1 Å². The molecule has 1 fully saturated rings. The fourth-order valence-electron chi connectivity index (χ4n) is 3.00. The number of carbonyl (C=O) groups is 1. The third-order valence-corrected chi connectivity index (χ3v) is 4.66. The molecule has 0 spiro atoms. The summed E-state index contributed by atoms with van der Waals surface area (Å²) in [5.41, 5.74) is 4.47. The van der Waals surface area contributed by atoms with Crippen LogP contribution < -0.4 is 10.6 Å². The number of amides is 1. The van der Waals surface area contributed by atoms with E-state index in [0.29, 0.717) is 5.92 Å². The Morgan fingerprint density at radius 2 is 2.26 bits per heavy atom. The second-order valence-corrected chi connectivity index (χ2v) is 6.44. The molecule has 1 aliphatic heterocycles. The van der Waals surface area contributed by atoms with E-state index in [-0.39, 0.29) is 11.6 Å². The van der Waals surface area contributed by atoms with E-state index in [2.05, 4.69) is 9.88 Å². The number of hydrogen-bond donors (Lipinski definition) is 1. The van der Waals surface area contributed by atoms with E-state index in [4.69, 9.17) is 10.5 Å². The number of ether oxygens (including phenoxy) is 1. The Balaban J connectivity index is 2.03. The van der Waals surface area contributed by atoms with Crippen molar-refractivity contribution in [1.82, 2.24) is 4.98 Å². The van der Waals surface area contributed by atoms with Gasteiger partial charge >= 0.3 is 6.09 Å². The molecule has 1 aromatic rings. The number of anilines is 1. The van der Waals surface area contributed by atoms with Gasteiger partial charge in [0.1, 0.15) is 17.6 Å². The van der Waals surface area contributed by atoms with Crippen LogP contribution in [-0.2, 0) is 4.74 Å². The van der Waals surface area contributed by atoms with Gasteiger partial charge < -0.3 is 15.4 Å². The number of nitrogens with zero attached hydrogens (tertiary/aromatic N) is 3. The maximum atomic E-state index is 11.0. The van der Waals surface area contributed by atoms with E-state index >= 15 is 0 Å². The molecule has 23 heavy (non-hydrogen) atoms. The first-order chi connectivity index (χ1) is 10.7. The van der Waals surface area contributed by atoms with Crippen molar-refractivity contribution in [2.75, 3.05) is 18.0 Å². The predicted octanol–water partition coefficient (Wildman–Crippen LogP) is 2.33. The Morgan fingerprint density at radius 1 is 1.57 bits per heavy atom. The SMILES string of the molecule is CC(C1CCN(c2ccc([N+](=O)[O-])cn2)C1)C(C)(C)OC(N)=O. The molecule has 2 N–H and O–H groups in total. The molecule has 8 nitrogen and oxygen atoms in total. The van der Waals surface area contributed by atoms with Crippen LogP contribution in [0, 0.1) is 22.0 Å². The second-order valence-electron chi connectivity index (χ2n) is 6.44. The maximum Gasteiger partial charge on any atom is 0.405 e. The van der Waals surface area contributed by atoms with E-state index in [1.807, 2.05) is 20.8 Å².